The van der Waals surface area contributed by atoms with Crippen molar-refractivity contribution in [1.82, 2.24) is 4.98 Å². The molecule has 0 atom stereocenters. The van der Waals surface area contributed by atoms with E-state index in [0.29, 0.717) is 22.7 Å². The fourth-order valence-electron chi connectivity index (χ4n) is 2.24. The first kappa shape index (κ1) is 19.9. The molecule has 0 unspecified atom stereocenters. The molecule has 2 N–H and O–H groups in total. The number of nitrogens with zero attached hydrogens (tertiary/aromatic N) is 1. The second kappa shape index (κ2) is 9.33. The largest absolute Gasteiger partial charge is 0.495 e. The van der Waals surface area contributed by atoms with E-state index in [9.17, 15) is 14.4 Å². The lowest BCUT2D eigenvalue weighted by Crippen LogP contribution is -2.22. The number of ether oxygens (including phenoxy) is 2. The number of aromatic nitrogens is 1. The summed E-state index contributed by atoms with van der Waals surface area (Å²) in [4.78, 5) is 39.2. The molecule has 2 rings (SSSR count). The monoisotopic (exact) mass is 371 g/mol. The molecule has 2 amide bonds. The maximum Gasteiger partial charge on any atom is 0.310 e. The van der Waals surface area contributed by atoms with Crippen LogP contribution in [0.1, 0.15) is 18.2 Å². The highest BCUT2D eigenvalue weighted by molar-refractivity contribution is 5.96. The van der Waals surface area contributed by atoms with Gasteiger partial charge in [0.25, 0.3) is 5.91 Å². The molecule has 0 aliphatic rings. The summed E-state index contributed by atoms with van der Waals surface area (Å²) in [6.07, 6.45) is 1.62. The summed E-state index contributed by atoms with van der Waals surface area (Å²) < 4.78 is 10.2. The number of esters is 1. The van der Waals surface area contributed by atoms with Gasteiger partial charge in [-0.25, -0.2) is 0 Å². The third-order valence-electron chi connectivity index (χ3n) is 3.48. The van der Waals surface area contributed by atoms with E-state index < -0.39 is 18.5 Å². The first-order valence-electron chi connectivity index (χ1n) is 8.20. The van der Waals surface area contributed by atoms with Crippen molar-refractivity contribution >= 4 is 29.2 Å². The molecule has 142 valence electrons. The van der Waals surface area contributed by atoms with Crippen LogP contribution in [0.3, 0.4) is 0 Å². The zero-order valence-corrected chi connectivity index (χ0v) is 15.4. The van der Waals surface area contributed by atoms with Crippen LogP contribution in [0.2, 0.25) is 0 Å². The minimum absolute atomic E-state index is 0.0297. The average Bonchev–Trinajstić information content (AvgIpc) is 2.62. The lowest BCUT2D eigenvalue weighted by atomic mass is 10.2. The summed E-state index contributed by atoms with van der Waals surface area (Å²) in [5.74, 6) is -0.884. The van der Waals surface area contributed by atoms with Gasteiger partial charge in [-0.3, -0.25) is 19.4 Å². The minimum Gasteiger partial charge on any atom is -0.495 e. The summed E-state index contributed by atoms with van der Waals surface area (Å²) in [6, 6.07) is 8.38. The molecular formula is C19H21N3O5. The highest BCUT2D eigenvalue weighted by Crippen LogP contribution is 2.27. The average molecular weight is 371 g/mol. The van der Waals surface area contributed by atoms with Crippen LogP contribution in [0.4, 0.5) is 11.4 Å². The molecular weight excluding hydrogens is 350 g/mol. The molecule has 0 fully saturated rings. The van der Waals surface area contributed by atoms with Crippen LogP contribution in [-0.2, 0) is 25.5 Å². The number of carbonyl (C=O) groups is 3. The minimum atomic E-state index is -0.533. The molecule has 0 spiro atoms. The summed E-state index contributed by atoms with van der Waals surface area (Å²) >= 11 is 0. The van der Waals surface area contributed by atoms with Crippen LogP contribution in [0.25, 0.3) is 0 Å². The molecule has 8 nitrogen and oxygen atoms in total. The van der Waals surface area contributed by atoms with E-state index in [2.05, 4.69) is 15.6 Å². The smallest absolute Gasteiger partial charge is 0.310 e. The quantitative estimate of drug-likeness (QED) is 0.722. The third kappa shape index (κ3) is 6.43. The van der Waals surface area contributed by atoms with Gasteiger partial charge in [-0.2, -0.15) is 0 Å². The summed E-state index contributed by atoms with van der Waals surface area (Å²) in [5, 5.41) is 5.21. The number of nitrogens with one attached hydrogen (secondary N) is 2. The Balaban J connectivity index is 1.91. The van der Waals surface area contributed by atoms with Gasteiger partial charge < -0.3 is 20.1 Å². The molecule has 0 bridgehead atoms. The fraction of sp³-hybridized carbons (Fsp3) is 0.263. The topological polar surface area (TPSA) is 107 Å². The number of methoxy groups -OCH3 is 1. The number of pyridine rings is 1. The van der Waals surface area contributed by atoms with Crippen molar-refractivity contribution in [2.24, 2.45) is 0 Å². The number of benzene rings is 1. The Morgan fingerprint density at radius 2 is 1.89 bits per heavy atom. The molecule has 0 aliphatic heterocycles. The van der Waals surface area contributed by atoms with Gasteiger partial charge in [-0.1, -0.05) is 6.07 Å². The van der Waals surface area contributed by atoms with Crippen LogP contribution in [0.5, 0.6) is 5.75 Å². The molecule has 0 aliphatic carbocycles. The van der Waals surface area contributed by atoms with Crippen molar-refractivity contribution in [2.45, 2.75) is 20.3 Å². The number of hydrogen-bond donors (Lipinski definition) is 2. The van der Waals surface area contributed by atoms with Gasteiger partial charge in [-0.05, 0) is 36.8 Å². The molecule has 27 heavy (non-hydrogen) atoms. The lowest BCUT2D eigenvalue weighted by Gasteiger charge is -2.12. The maximum atomic E-state index is 12.1. The highest BCUT2D eigenvalue weighted by atomic mass is 16.5. The second-order valence-electron chi connectivity index (χ2n) is 5.79. The van der Waals surface area contributed by atoms with Crippen molar-refractivity contribution in [2.75, 3.05) is 24.4 Å². The van der Waals surface area contributed by atoms with Crippen molar-refractivity contribution in [3.63, 3.8) is 0 Å². The molecule has 1 aromatic heterocycles. The van der Waals surface area contributed by atoms with E-state index >= 15 is 0 Å². The Morgan fingerprint density at radius 1 is 1.11 bits per heavy atom. The predicted molar refractivity (Wildman–Crippen MR) is 99.6 cm³/mol. The van der Waals surface area contributed by atoms with Gasteiger partial charge in [0, 0.05) is 24.5 Å². The van der Waals surface area contributed by atoms with Crippen LogP contribution in [-0.4, -0.2) is 36.5 Å². The lowest BCUT2D eigenvalue weighted by molar-refractivity contribution is -0.146. The van der Waals surface area contributed by atoms with Crippen molar-refractivity contribution in [3.05, 3.63) is 47.8 Å². The summed E-state index contributed by atoms with van der Waals surface area (Å²) in [7, 11) is 1.46. The Hall–Kier alpha value is -3.42. The molecule has 8 heteroatoms. The van der Waals surface area contributed by atoms with Crippen LogP contribution in [0.15, 0.2) is 36.5 Å². The fourth-order valence-corrected chi connectivity index (χ4v) is 2.24. The molecule has 2 aromatic rings. The van der Waals surface area contributed by atoms with Crippen LogP contribution >= 0.6 is 0 Å². The summed E-state index contributed by atoms with van der Waals surface area (Å²) in [5.41, 5.74) is 2.41. The SMILES string of the molecule is COc1ccc(NC(C)=O)cc1NC(=O)COC(=O)Cc1ccc(C)nc1. The normalized spacial score (nSPS) is 10.0. The number of rotatable bonds is 7. The van der Waals surface area contributed by atoms with Gasteiger partial charge in [0.1, 0.15) is 5.75 Å². The zero-order chi connectivity index (χ0) is 19.8. The van der Waals surface area contributed by atoms with Crippen molar-refractivity contribution in [1.29, 1.82) is 0 Å². The number of amides is 2. The van der Waals surface area contributed by atoms with Crippen LogP contribution < -0.4 is 15.4 Å². The first-order valence-corrected chi connectivity index (χ1v) is 8.20. The maximum absolute atomic E-state index is 12.1. The van der Waals surface area contributed by atoms with Gasteiger partial charge in [0.05, 0.1) is 19.2 Å². The van der Waals surface area contributed by atoms with Gasteiger partial charge in [-0.15, -0.1) is 0 Å². The van der Waals surface area contributed by atoms with Crippen molar-refractivity contribution in [3.8, 4) is 5.75 Å². The van der Waals surface area contributed by atoms with E-state index in [4.69, 9.17) is 9.47 Å². The van der Waals surface area contributed by atoms with Crippen LogP contribution in [0, 0.1) is 6.92 Å². The molecule has 0 saturated carbocycles. The number of hydrogen-bond acceptors (Lipinski definition) is 6. The number of anilines is 2. The van der Waals surface area contributed by atoms with E-state index in [-0.39, 0.29) is 12.3 Å². The Morgan fingerprint density at radius 3 is 2.52 bits per heavy atom. The van der Waals surface area contributed by atoms with Gasteiger partial charge in [0.2, 0.25) is 5.91 Å². The second-order valence-corrected chi connectivity index (χ2v) is 5.79. The van der Waals surface area contributed by atoms with E-state index in [1.54, 1.807) is 36.5 Å². The standard InChI is InChI=1S/C19H21N3O5/c1-12-4-5-14(10-20-12)8-19(25)27-11-18(24)22-16-9-15(21-13(2)23)6-7-17(16)26-3/h4-7,9-10H,8,11H2,1-3H3,(H,21,23)(H,22,24). The third-order valence-corrected chi connectivity index (χ3v) is 3.48. The molecule has 1 heterocycles. The summed E-state index contributed by atoms with van der Waals surface area (Å²) in [6.45, 7) is 2.79. The van der Waals surface area contributed by atoms with E-state index in [1.165, 1.54) is 14.0 Å². The highest BCUT2D eigenvalue weighted by Gasteiger charge is 2.12. The van der Waals surface area contributed by atoms with E-state index in [1.807, 2.05) is 6.92 Å². The molecule has 1 aromatic carbocycles. The number of carbonyl (C=O) groups excluding carboxylic acids is 3. The predicted octanol–water partition coefficient (Wildman–Crippen LogP) is 2.08. The molecule has 0 radical (unpaired) electrons. The zero-order valence-electron chi connectivity index (χ0n) is 15.4. The van der Waals surface area contributed by atoms with Gasteiger partial charge in [0.15, 0.2) is 6.61 Å². The van der Waals surface area contributed by atoms with Gasteiger partial charge >= 0.3 is 5.97 Å². The first-order chi connectivity index (χ1) is 12.9. The Bertz CT molecular complexity index is 834. The van der Waals surface area contributed by atoms with Crippen molar-refractivity contribution < 1.29 is 23.9 Å². The Labute approximate surface area is 156 Å². The molecule has 0 saturated heterocycles. The van der Waals surface area contributed by atoms with E-state index in [0.717, 1.165) is 5.69 Å². The number of aryl methyl sites for hydroxylation is 1. The Kier molecular flexibility index (Phi) is 6.87.